The van der Waals surface area contributed by atoms with Gasteiger partial charge in [-0.05, 0) is 58.9 Å². The Kier molecular flexibility index (Phi) is 5.13. The van der Waals surface area contributed by atoms with E-state index in [4.69, 9.17) is 0 Å². The number of carbonyl (C=O) groups is 1. The second kappa shape index (κ2) is 6.84. The van der Waals surface area contributed by atoms with Crippen LogP contribution in [-0.2, 0) is 11.2 Å². The topological polar surface area (TPSA) is 32.3 Å². The van der Waals surface area contributed by atoms with Crippen LogP contribution in [0.4, 0.5) is 0 Å². The lowest BCUT2D eigenvalue weighted by molar-refractivity contribution is -0.120. The smallest absolute Gasteiger partial charge is 0.224 e. The van der Waals surface area contributed by atoms with Crippen molar-refractivity contribution in [1.29, 1.82) is 0 Å². The number of nitrogens with zero attached hydrogens (tertiary/aromatic N) is 1. The molecule has 2 rings (SSSR count). The fourth-order valence-corrected chi connectivity index (χ4v) is 3.29. The average molecular weight is 294 g/mol. The Hall–Kier alpha value is -1.17. The summed E-state index contributed by atoms with van der Waals surface area (Å²) in [6.07, 6.45) is 0.466. The van der Waals surface area contributed by atoms with E-state index in [1.54, 1.807) is 22.7 Å². The first-order valence-electron chi connectivity index (χ1n) is 6.13. The maximum atomic E-state index is 11.9. The van der Waals surface area contributed by atoms with Crippen LogP contribution in [0.15, 0.2) is 33.7 Å². The van der Waals surface area contributed by atoms with Crippen molar-refractivity contribution in [2.24, 2.45) is 0 Å². The van der Waals surface area contributed by atoms with E-state index in [2.05, 4.69) is 27.0 Å². The molecule has 2 aromatic rings. The summed E-state index contributed by atoms with van der Waals surface area (Å²) < 4.78 is 0. The van der Waals surface area contributed by atoms with E-state index in [9.17, 15) is 4.79 Å². The van der Waals surface area contributed by atoms with E-state index in [1.807, 2.05) is 30.9 Å². The van der Waals surface area contributed by atoms with Gasteiger partial charge in [-0.3, -0.25) is 4.79 Å². The molecule has 0 unspecified atom stereocenters. The number of likely N-dealkylation sites (N-methyl/N-ethyl adjacent to an activating group) is 1. The molecule has 1 N–H and O–H groups in total. The summed E-state index contributed by atoms with van der Waals surface area (Å²) in [5.41, 5.74) is 2.34. The largest absolute Gasteiger partial charge is 0.354 e. The fraction of sp³-hybridized carbons (Fsp3) is 0.357. The first-order chi connectivity index (χ1) is 9.16. The zero-order valence-electron chi connectivity index (χ0n) is 11.1. The van der Waals surface area contributed by atoms with Crippen LogP contribution in [-0.4, -0.2) is 31.4 Å². The molecule has 5 heteroatoms. The van der Waals surface area contributed by atoms with Crippen LogP contribution < -0.4 is 5.32 Å². The lowest BCUT2D eigenvalue weighted by Crippen LogP contribution is -2.35. The molecule has 0 saturated carbocycles. The molecule has 0 bridgehead atoms. The Morgan fingerprint density at radius 2 is 2.00 bits per heavy atom. The molecule has 2 heterocycles. The lowest BCUT2D eigenvalue weighted by Gasteiger charge is -2.24. The van der Waals surface area contributed by atoms with Crippen molar-refractivity contribution in [2.75, 3.05) is 20.6 Å². The van der Waals surface area contributed by atoms with Crippen LogP contribution in [0.2, 0.25) is 0 Å². The van der Waals surface area contributed by atoms with Crippen molar-refractivity contribution >= 4 is 28.6 Å². The van der Waals surface area contributed by atoms with Gasteiger partial charge in [-0.1, -0.05) is 0 Å². The Morgan fingerprint density at radius 3 is 2.58 bits per heavy atom. The maximum Gasteiger partial charge on any atom is 0.224 e. The third kappa shape index (κ3) is 4.16. The number of hydrogen-bond donors (Lipinski definition) is 1. The van der Waals surface area contributed by atoms with Gasteiger partial charge in [-0.25, -0.2) is 0 Å². The van der Waals surface area contributed by atoms with Crippen LogP contribution >= 0.6 is 22.7 Å². The zero-order chi connectivity index (χ0) is 13.7. The standard InChI is InChI=1S/C14H18N2OS2/c1-16(2)13(12-4-6-19-10-12)8-15-14(17)7-11-3-5-18-9-11/h3-6,9-10,13H,7-8H2,1-2H3,(H,15,17)/t13-/m0/s1. The summed E-state index contributed by atoms with van der Waals surface area (Å²) >= 11 is 3.31. The monoisotopic (exact) mass is 294 g/mol. The van der Waals surface area contributed by atoms with Crippen molar-refractivity contribution in [2.45, 2.75) is 12.5 Å². The molecule has 0 saturated heterocycles. The van der Waals surface area contributed by atoms with Gasteiger partial charge in [0.25, 0.3) is 0 Å². The van der Waals surface area contributed by atoms with E-state index in [0.29, 0.717) is 13.0 Å². The quantitative estimate of drug-likeness (QED) is 0.888. The van der Waals surface area contributed by atoms with Gasteiger partial charge in [0, 0.05) is 6.54 Å². The zero-order valence-corrected chi connectivity index (χ0v) is 12.8. The summed E-state index contributed by atoms with van der Waals surface area (Å²) in [6.45, 7) is 0.646. The molecule has 0 spiro atoms. The molecule has 102 valence electrons. The van der Waals surface area contributed by atoms with Crippen LogP contribution in [0.3, 0.4) is 0 Å². The Labute approximate surface area is 121 Å². The van der Waals surface area contributed by atoms with Gasteiger partial charge in [-0.15, -0.1) is 0 Å². The van der Waals surface area contributed by atoms with Crippen LogP contribution in [0.5, 0.6) is 0 Å². The number of rotatable bonds is 6. The first-order valence-corrected chi connectivity index (χ1v) is 8.01. The third-order valence-corrected chi connectivity index (χ3v) is 4.42. The summed E-state index contributed by atoms with van der Waals surface area (Å²) in [4.78, 5) is 14.0. The SMILES string of the molecule is CN(C)[C@@H](CNC(=O)Cc1ccsc1)c1ccsc1. The van der Waals surface area contributed by atoms with Crippen LogP contribution in [0, 0.1) is 0 Å². The minimum atomic E-state index is 0.0838. The molecular weight excluding hydrogens is 276 g/mol. The van der Waals surface area contributed by atoms with E-state index >= 15 is 0 Å². The number of amides is 1. The Balaban J connectivity index is 1.87. The minimum absolute atomic E-state index is 0.0838. The molecule has 0 aliphatic rings. The Bertz CT molecular complexity index is 492. The normalized spacial score (nSPS) is 12.6. The highest BCUT2D eigenvalue weighted by atomic mass is 32.1. The van der Waals surface area contributed by atoms with Gasteiger partial charge >= 0.3 is 0 Å². The molecule has 0 aliphatic carbocycles. The second-order valence-corrected chi connectivity index (χ2v) is 6.21. The summed E-state index contributed by atoms with van der Waals surface area (Å²) in [5, 5.41) is 11.2. The van der Waals surface area contributed by atoms with Gasteiger partial charge in [0.2, 0.25) is 5.91 Å². The van der Waals surface area contributed by atoms with Gasteiger partial charge in [-0.2, -0.15) is 22.7 Å². The van der Waals surface area contributed by atoms with Gasteiger partial charge in [0.15, 0.2) is 0 Å². The molecule has 3 nitrogen and oxygen atoms in total. The Morgan fingerprint density at radius 1 is 1.26 bits per heavy atom. The molecule has 0 radical (unpaired) electrons. The highest BCUT2D eigenvalue weighted by Gasteiger charge is 2.15. The van der Waals surface area contributed by atoms with E-state index in [1.165, 1.54) is 5.56 Å². The predicted molar refractivity (Wildman–Crippen MR) is 81.8 cm³/mol. The van der Waals surface area contributed by atoms with Gasteiger partial charge in [0.1, 0.15) is 0 Å². The minimum Gasteiger partial charge on any atom is -0.354 e. The molecule has 1 atom stereocenters. The van der Waals surface area contributed by atoms with Crippen LogP contribution in [0.1, 0.15) is 17.2 Å². The summed E-state index contributed by atoms with van der Waals surface area (Å²) in [7, 11) is 4.07. The highest BCUT2D eigenvalue weighted by molar-refractivity contribution is 7.08. The molecule has 1 amide bonds. The van der Waals surface area contributed by atoms with Gasteiger partial charge < -0.3 is 10.2 Å². The molecule has 0 fully saturated rings. The predicted octanol–water partition coefficient (Wildman–Crippen LogP) is 2.77. The summed E-state index contributed by atoms with van der Waals surface area (Å²) in [5.74, 6) is 0.0838. The summed E-state index contributed by atoms with van der Waals surface area (Å²) in [6, 6.07) is 4.34. The fourth-order valence-electron chi connectivity index (χ4n) is 1.91. The maximum absolute atomic E-state index is 11.9. The second-order valence-electron chi connectivity index (χ2n) is 4.65. The first kappa shape index (κ1) is 14.2. The van der Waals surface area contributed by atoms with Crippen molar-refractivity contribution < 1.29 is 4.79 Å². The average Bonchev–Trinajstić information content (AvgIpc) is 3.01. The molecule has 2 aromatic heterocycles. The van der Waals surface area contributed by atoms with Crippen molar-refractivity contribution in [3.63, 3.8) is 0 Å². The van der Waals surface area contributed by atoms with Crippen molar-refractivity contribution in [1.82, 2.24) is 10.2 Å². The van der Waals surface area contributed by atoms with Gasteiger partial charge in [0.05, 0.1) is 12.5 Å². The van der Waals surface area contributed by atoms with Crippen LogP contribution in [0.25, 0.3) is 0 Å². The molecular formula is C14H18N2OS2. The number of nitrogens with one attached hydrogen (secondary N) is 1. The third-order valence-electron chi connectivity index (χ3n) is 2.99. The number of thiophene rings is 2. The van der Waals surface area contributed by atoms with Crippen molar-refractivity contribution in [3.05, 3.63) is 44.8 Å². The lowest BCUT2D eigenvalue weighted by atomic mass is 10.1. The van der Waals surface area contributed by atoms with E-state index in [0.717, 1.165) is 5.56 Å². The van der Waals surface area contributed by atoms with E-state index < -0.39 is 0 Å². The van der Waals surface area contributed by atoms with E-state index in [-0.39, 0.29) is 11.9 Å². The van der Waals surface area contributed by atoms with Crippen molar-refractivity contribution in [3.8, 4) is 0 Å². The highest BCUT2D eigenvalue weighted by Crippen LogP contribution is 2.20. The molecule has 19 heavy (non-hydrogen) atoms. The molecule has 0 aliphatic heterocycles. The number of carbonyl (C=O) groups excluding carboxylic acids is 1. The number of hydrogen-bond acceptors (Lipinski definition) is 4. The molecule has 0 aromatic carbocycles.